The predicted molar refractivity (Wildman–Crippen MR) is 86.4 cm³/mol. The number of hydrogen-bond donors (Lipinski definition) is 3. The van der Waals surface area contributed by atoms with Crippen LogP contribution in [0, 0.1) is 0 Å². The number of carbonyl (C=O) groups is 3. The van der Waals surface area contributed by atoms with Crippen molar-refractivity contribution >= 4 is 45.8 Å². The van der Waals surface area contributed by atoms with Crippen LogP contribution in [0.2, 0.25) is 5.02 Å². The Morgan fingerprint density at radius 1 is 1.09 bits per heavy atom. The van der Waals surface area contributed by atoms with E-state index in [1.165, 1.54) is 6.07 Å². The van der Waals surface area contributed by atoms with Gasteiger partial charge in [-0.15, -0.1) is 11.3 Å². The summed E-state index contributed by atoms with van der Waals surface area (Å²) in [4.78, 5) is 33.7. The SMILES string of the molecule is O=C(O)C(=O)Nc1sc(CCc2ccc(Cl)cc2)cc1C(=O)O. The van der Waals surface area contributed by atoms with Gasteiger partial charge in [0.15, 0.2) is 0 Å². The second-order valence-corrected chi connectivity index (χ2v) is 6.22. The van der Waals surface area contributed by atoms with Gasteiger partial charge in [0.1, 0.15) is 5.00 Å². The van der Waals surface area contributed by atoms with Crippen molar-refractivity contribution in [3.8, 4) is 0 Å². The standard InChI is InChI=1S/C15H12ClNO5S/c16-9-4-1-8(2-5-9)3-6-10-7-11(14(19)20)13(23-10)17-12(18)15(21)22/h1-2,4-5,7H,3,6H2,(H,17,18)(H,19,20)(H,21,22). The third-order valence-electron chi connectivity index (χ3n) is 3.01. The third-order valence-corrected chi connectivity index (χ3v) is 4.37. The summed E-state index contributed by atoms with van der Waals surface area (Å²) in [5, 5.41) is 20.5. The van der Waals surface area contributed by atoms with E-state index in [9.17, 15) is 14.4 Å². The van der Waals surface area contributed by atoms with Crippen molar-refractivity contribution < 1.29 is 24.6 Å². The van der Waals surface area contributed by atoms with E-state index in [4.69, 9.17) is 21.8 Å². The molecule has 1 aromatic carbocycles. The molecule has 8 heteroatoms. The number of aryl methyl sites for hydroxylation is 2. The number of rotatable bonds is 5. The average Bonchev–Trinajstić information content (AvgIpc) is 2.89. The zero-order chi connectivity index (χ0) is 17.0. The molecule has 120 valence electrons. The van der Waals surface area contributed by atoms with Gasteiger partial charge in [-0.3, -0.25) is 4.79 Å². The molecule has 0 saturated heterocycles. The first-order valence-corrected chi connectivity index (χ1v) is 7.71. The molecule has 6 nitrogen and oxygen atoms in total. The highest BCUT2D eigenvalue weighted by Crippen LogP contribution is 2.29. The maximum Gasteiger partial charge on any atom is 0.394 e. The van der Waals surface area contributed by atoms with Gasteiger partial charge in [-0.1, -0.05) is 23.7 Å². The summed E-state index contributed by atoms with van der Waals surface area (Å²) in [7, 11) is 0. The van der Waals surface area contributed by atoms with E-state index in [-0.39, 0.29) is 10.6 Å². The summed E-state index contributed by atoms with van der Waals surface area (Å²) in [6, 6.07) is 8.74. The molecule has 0 atom stereocenters. The van der Waals surface area contributed by atoms with Crippen LogP contribution in [0.25, 0.3) is 0 Å². The number of carboxylic acids is 2. The molecule has 0 fully saturated rings. The summed E-state index contributed by atoms with van der Waals surface area (Å²) in [6.45, 7) is 0. The largest absolute Gasteiger partial charge is 0.478 e. The van der Waals surface area contributed by atoms with Gasteiger partial charge in [0.05, 0.1) is 5.56 Å². The van der Waals surface area contributed by atoms with Gasteiger partial charge < -0.3 is 15.5 Å². The maximum atomic E-state index is 11.2. The van der Waals surface area contributed by atoms with Gasteiger partial charge in [0.2, 0.25) is 0 Å². The second-order valence-electron chi connectivity index (χ2n) is 4.65. The fraction of sp³-hybridized carbons (Fsp3) is 0.133. The number of aromatic carboxylic acids is 1. The molecule has 2 aromatic rings. The van der Waals surface area contributed by atoms with E-state index >= 15 is 0 Å². The molecule has 1 heterocycles. The topological polar surface area (TPSA) is 104 Å². The number of carbonyl (C=O) groups excluding carboxylic acids is 1. The van der Waals surface area contributed by atoms with Crippen LogP contribution in [0.1, 0.15) is 20.8 Å². The van der Waals surface area contributed by atoms with Gasteiger partial charge in [-0.05, 0) is 36.6 Å². The van der Waals surface area contributed by atoms with Crippen LogP contribution in [-0.4, -0.2) is 28.1 Å². The highest BCUT2D eigenvalue weighted by molar-refractivity contribution is 7.16. The van der Waals surface area contributed by atoms with Crippen LogP contribution in [0.15, 0.2) is 30.3 Å². The molecule has 0 aliphatic carbocycles. The summed E-state index contributed by atoms with van der Waals surface area (Å²) < 4.78 is 0. The summed E-state index contributed by atoms with van der Waals surface area (Å²) >= 11 is 6.86. The number of carboxylic acid groups (broad SMARTS) is 2. The Bertz CT molecular complexity index is 754. The van der Waals surface area contributed by atoms with E-state index in [2.05, 4.69) is 5.32 Å². The van der Waals surface area contributed by atoms with Gasteiger partial charge in [0.25, 0.3) is 0 Å². The van der Waals surface area contributed by atoms with Crippen molar-refractivity contribution in [3.63, 3.8) is 0 Å². The lowest BCUT2D eigenvalue weighted by Gasteiger charge is -2.00. The minimum Gasteiger partial charge on any atom is -0.478 e. The number of amides is 1. The lowest BCUT2D eigenvalue weighted by Crippen LogP contribution is -2.22. The van der Waals surface area contributed by atoms with Crippen molar-refractivity contribution in [2.24, 2.45) is 0 Å². The molecular weight excluding hydrogens is 342 g/mol. The fourth-order valence-electron chi connectivity index (χ4n) is 1.89. The van der Waals surface area contributed by atoms with E-state index < -0.39 is 17.8 Å². The number of benzene rings is 1. The van der Waals surface area contributed by atoms with E-state index in [0.29, 0.717) is 17.9 Å². The maximum absolute atomic E-state index is 11.2. The Kier molecular flexibility index (Phi) is 5.36. The molecule has 1 amide bonds. The lowest BCUT2D eigenvalue weighted by molar-refractivity contribution is -0.147. The highest BCUT2D eigenvalue weighted by Gasteiger charge is 2.20. The molecule has 0 saturated carbocycles. The van der Waals surface area contributed by atoms with E-state index in [1.54, 1.807) is 12.1 Å². The Morgan fingerprint density at radius 2 is 1.74 bits per heavy atom. The lowest BCUT2D eigenvalue weighted by atomic mass is 10.1. The molecule has 0 unspecified atom stereocenters. The summed E-state index contributed by atoms with van der Waals surface area (Å²) in [5.74, 6) is -4.16. The van der Waals surface area contributed by atoms with Gasteiger partial charge in [0, 0.05) is 9.90 Å². The minimum absolute atomic E-state index is 0.0241. The Hall–Kier alpha value is -2.38. The van der Waals surface area contributed by atoms with Crippen LogP contribution in [0.3, 0.4) is 0 Å². The number of thiophene rings is 1. The van der Waals surface area contributed by atoms with Crippen molar-refractivity contribution in [1.29, 1.82) is 0 Å². The molecule has 0 radical (unpaired) electrons. The predicted octanol–water partition coefficient (Wildman–Crippen LogP) is 2.91. The molecule has 3 N–H and O–H groups in total. The number of hydrogen-bond acceptors (Lipinski definition) is 4. The van der Waals surface area contributed by atoms with Crippen LogP contribution < -0.4 is 5.32 Å². The van der Waals surface area contributed by atoms with Gasteiger partial charge in [-0.2, -0.15) is 0 Å². The molecule has 0 spiro atoms. The van der Waals surface area contributed by atoms with Gasteiger partial charge >= 0.3 is 17.8 Å². The van der Waals surface area contributed by atoms with Crippen molar-refractivity contribution in [2.45, 2.75) is 12.8 Å². The molecule has 1 aromatic heterocycles. The minimum atomic E-state index is -1.67. The monoisotopic (exact) mass is 353 g/mol. The summed E-state index contributed by atoms with van der Waals surface area (Å²) in [6.07, 6.45) is 1.23. The number of aliphatic carboxylic acids is 1. The van der Waals surface area contributed by atoms with Crippen molar-refractivity contribution in [3.05, 3.63) is 51.4 Å². The molecule has 2 rings (SSSR count). The van der Waals surface area contributed by atoms with Crippen LogP contribution in [0.5, 0.6) is 0 Å². The van der Waals surface area contributed by atoms with E-state index in [0.717, 1.165) is 21.8 Å². The molecule has 0 aliphatic rings. The Morgan fingerprint density at radius 3 is 2.30 bits per heavy atom. The zero-order valence-electron chi connectivity index (χ0n) is 11.7. The molecular formula is C15H12ClNO5S. The first-order valence-electron chi connectivity index (χ1n) is 6.51. The van der Waals surface area contributed by atoms with Crippen LogP contribution in [-0.2, 0) is 22.4 Å². The summed E-state index contributed by atoms with van der Waals surface area (Å²) in [5.41, 5.74) is 0.923. The first kappa shape index (κ1) is 17.0. The number of anilines is 1. The van der Waals surface area contributed by atoms with Gasteiger partial charge in [-0.25, -0.2) is 9.59 Å². The highest BCUT2D eigenvalue weighted by atomic mass is 35.5. The smallest absolute Gasteiger partial charge is 0.394 e. The van der Waals surface area contributed by atoms with Crippen LogP contribution in [0.4, 0.5) is 5.00 Å². The van der Waals surface area contributed by atoms with Crippen LogP contribution >= 0.6 is 22.9 Å². The fourth-order valence-corrected chi connectivity index (χ4v) is 3.06. The van der Waals surface area contributed by atoms with Crippen molar-refractivity contribution in [1.82, 2.24) is 0 Å². The second kappa shape index (κ2) is 7.26. The number of nitrogens with one attached hydrogen (secondary N) is 1. The third kappa shape index (κ3) is 4.54. The first-order chi connectivity index (χ1) is 10.9. The molecule has 0 aliphatic heterocycles. The van der Waals surface area contributed by atoms with Crippen molar-refractivity contribution in [2.75, 3.05) is 5.32 Å². The zero-order valence-corrected chi connectivity index (χ0v) is 13.3. The normalized spacial score (nSPS) is 10.3. The molecule has 23 heavy (non-hydrogen) atoms. The quantitative estimate of drug-likeness (QED) is 0.717. The average molecular weight is 354 g/mol. The van der Waals surface area contributed by atoms with E-state index in [1.807, 2.05) is 12.1 Å². The Labute approximate surface area is 140 Å². The Balaban J connectivity index is 2.13. The molecule has 0 bridgehead atoms. The number of halogens is 1.